The SMILES string of the molecule is COCCO[C@@H]1[C@H](O)[C@@H](COC(c2ccccc2)(c2ccc(OC)cc2)c2ccc(OC)cc2)O[C@H]1c1cn(CCNC(=O)C(F)(F)F)c(=O)[nH]c1=O. The van der Waals surface area contributed by atoms with Gasteiger partial charge in [-0.2, -0.15) is 13.2 Å². The minimum atomic E-state index is -5.11. The van der Waals surface area contributed by atoms with Crippen LogP contribution in [0.1, 0.15) is 28.4 Å². The molecule has 4 atom stereocenters. The highest BCUT2D eigenvalue weighted by Gasteiger charge is 2.48. The van der Waals surface area contributed by atoms with Crippen LogP contribution in [-0.2, 0) is 35.9 Å². The van der Waals surface area contributed by atoms with Crippen LogP contribution in [0.4, 0.5) is 13.2 Å². The minimum absolute atomic E-state index is 0.00166. The van der Waals surface area contributed by atoms with E-state index < -0.39 is 66.4 Å². The first kappa shape index (κ1) is 39.2. The van der Waals surface area contributed by atoms with Gasteiger partial charge in [0.1, 0.15) is 41.5 Å². The Hall–Kier alpha value is -5.00. The van der Waals surface area contributed by atoms with E-state index in [9.17, 15) is 32.7 Å². The zero-order chi connectivity index (χ0) is 38.2. The summed E-state index contributed by atoms with van der Waals surface area (Å²) < 4.78 is 74.1. The van der Waals surface area contributed by atoms with Gasteiger partial charge in [-0.25, -0.2) is 4.79 Å². The van der Waals surface area contributed by atoms with Crippen LogP contribution in [0.5, 0.6) is 11.5 Å². The Bertz CT molecular complexity index is 1870. The third-order valence-corrected chi connectivity index (χ3v) is 8.81. The standard InChI is InChI=1S/C37H40F3N3O10/c1-48-19-20-51-32-30(44)29(53-31(32)28-21-43(35(47)42-33(28)45)18-17-41-34(46)37(38,39)40)22-52-36(23-7-5-4-6-8-23,24-9-13-26(49-2)14-10-24)25-11-15-27(50-3)16-12-25/h4-16,21,29-32,44H,17-20,22H2,1-3H3,(H,41,46)(H,42,45,47)/t29-,30-,31+,32-/m1/s1. The van der Waals surface area contributed by atoms with Gasteiger partial charge in [-0.05, 0) is 41.0 Å². The number of aliphatic hydroxyl groups is 1. The van der Waals surface area contributed by atoms with Crippen LogP contribution in [0.25, 0.3) is 0 Å². The molecule has 0 bridgehead atoms. The number of amides is 1. The Kier molecular flexibility index (Phi) is 12.7. The third-order valence-electron chi connectivity index (χ3n) is 8.81. The molecule has 3 aromatic carbocycles. The van der Waals surface area contributed by atoms with Gasteiger partial charge in [-0.15, -0.1) is 0 Å². The smallest absolute Gasteiger partial charge is 0.471 e. The second-order valence-electron chi connectivity index (χ2n) is 12.0. The number of methoxy groups -OCH3 is 3. The molecule has 1 aliphatic heterocycles. The number of nitrogens with one attached hydrogen (secondary N) is 2. The van der Waals surface area contributed by atoms with E-state index in [-0.39, 0.29) is 25.4 Å². The molecule has 1 amide bonds. The van der Waals surface area contributed by atoms with Gasteiger partial charge in [-0.3, -0.25) is 19.1 Å². The van der Waals surface area contributed by atoms with Crippen molar-refractivity contribution in [1.82, 2.24) is 14.9 Å². The number of hydrogen-bond donors (Lipinski definition) is 3. The van der Waals surface area contributed by atoms with Crippen molar-refractivity contribution in [2.24, 2.45) is 0 Å². The van der Waals surface area contributed by atoms with Crippen LogP contribution in [0, 0.1) is 0 Å². The number of aromatic amines is 1. The molecule has 1 aromatic heterocycles. The highest BCUT2D eigenvalue weighted by atomic mass is 19.4. The number of aliphatic hydroxyl groups excluding tert-OH is 1. The number of alkyl halides is 3. The molecule has 1 fully saturated rings. The minimum Gasteiger partial charge on any atom is -0.497 e. The first-order chi connectivity index (χ1) is 25.4. The molecule has 2 heterocycles. The van der Waals surface area contributed by atoms with E-state index in [1.165, 1.54) is 7.11 Å². The number of carbonyl (C=O) groups is 1. The number of benzene rings is 3. The van der Waals surface area contributed by atoms with Crippen molar-refractivity contribution in [2.75, 3.05) is 47.7 Å². The van der Waals surface area contributed by atoms with Crippen LogP contribution in [0.15, 0.2) is 94.6 Å². The van der Waals surface area contributed by atoms with E-state index >= 15 is 0 Å². The average molecular weight is 744 g/mol. The number of ether oxygens (including phenoxy) is 6. The van der Waals surface area contributed by atoms with E-state index in [1.54, 1.807) is 43.8 Å². The summed E-state index contributed by atoms with van der Waals surface area (Å²) in [5.41, 5.74) is -1.04. The van der Waals surface area contributed by atoms with Crippen LogP contribution < -0.4 is 26.0 Å². The molecule has 284 valence electrons. The molecular weight excluding hydrogens is 703 g/mol. The second kappa shape index (κ2) is 17.2. The summed E-state index contributed by atoms with van der Waals surface area (Å²) in [6.45, 7) is -1.09. The zero-order valence-electron chi connectivity index (χ0n) is 29.1. The van der Waals surface area contributed by atoms with Gasteiger partial charge in [-0.1, -0.05) is 54.6 Å². The molecule has 3 N–H and O–H groups in total. The van der Waals surface area contributed by atoms with E-state index in [1.807, 2.05) is 54.6 Å². The Balaban J connectivity index is 1.51. The number of H-pyrrole nitrogens is 1. The summed E-state index contributed by atoms with van der Waals surface area (Å²) in [4.78, 5) is 39.2. The van der Waals surface area contributed by atoms with Crippen LogP contribution >= 0.6 is 0 Å². The topological polar surface area (TPSA) is 160 Å². The molecule has 1 saturated heterocycles. The van der Waals surface area contributed by atoms with Gasteiger partial charge in [0.2, 0.25) is 0 Å². The lowest BCUT2D eigenvalue weighted by molar-refractivity contribution is -0.173. The molecule has 0 aliphatic carbocycles. The normalized spacial score (nSPS) is 18.8. The van der Waals surface area contributed by atoms with E-state index in [0.29, 0.717) is 22.6 Å². The summed E-state index contributed by atoms with van der Waals surface area (Å²) in [7, 11) is 4.57. The number of carbonyl (C=O) groups excluding carboxylic acids is 1. The van der Waals surface area contributed by atoms with Gasteiger partial charge in [0.15, 0.2) is 0 Å². The second-order valence-corrected chi connectivity index (χ2v) is 12.0. The first-order valence-electron chi connectivity index (χ1n) is 16.5. The van der Waals surface area contributed by atoms with Gasteiger partial charge < -0.3 is 38.8 Å². The maximum absolute atomic E-state index is 13.2. The highest BCUT2D eigenvalue weighted by molar-refractivity contribution is 5.81. The third kappa shape index (κ3) is 8.80. The Morgan fingerprint density at radius 2 is 1.47 bits per heavy atom. The zero-order valence-corrected chi connectivity index (χ0v) is 29.1. The summed E-state index contributed by atoms with van der Waals surface area (Å²) in [6, 6.07) is 24.1. The van der Waals surface area contributed by atoms with Gasteiger partial charge in [0.25, 0.3) is 5.56 Å². The lowest BCUT2D eigenvalue weighted by Crippen LogP contribution is -2.41. The van der Waals surface area contributed by atoms with Crippen molar-refractivity contribution < 1.29 is 51.5 Å². The van der Waals surface area contributed by atoms with Crippen molar-refractivity contribution in [3.63, 3.8) is 0 Å². The fourth-order valence-corrected chi connectivity index (χ4v) is 6.15. The summed E-state index contributed by atoms with van der Waals surface area (Å²) in [6.07, 6.45) is -8.90. The largest absolute Gasteiger partial charge is 0.497 e. The van der Waals surface area contributed by atoms with Gasteiger partial charge >= 0.3 is 17.8 Å². The molecular formula is C37H40F3N3O10. The van der Waals surface area contributed by atoms with E-state index in [4.69, 9.17) is 28.4 Å². The Morgan fingerprint density at radius 1 is 0.887 bits per heavy atom. The quantitative estimate of drug-likeness (QED) is 0.115. The molecule has 0 radical (unpaired) electrons. The van der Waals surface area contributed by atoms with Crippen molar-refractivity contribution >= 4 is 5.91 Å². The predicted molar refractivity (Wildman–Crippen MR) is 184 cm³/mol. The van der Waals surface area contributed by atoms with Crippen molar-refractivity contribution in [3.8, 4) is 11.5 Å². The van der Waals surface area contributed by atoms with Crippen molar-refractivity contribution in [1.29, 1.82) is 0 Å². The van der Waals surface area contributed by atoms with Crippen LogP contribution in [0.3, 0.4) is 0 Å². The lowest BCUT2D eigenvalue weighted by atomic mass is 9.80. The van der Waals surface area contributed by atoms with Gasteiger partial charge in [0.05, 0.1) is 39.6 Å². The fraction of sp³-hybridized carbons (Fsp3) is 0.378. The summed E-state index contributed by atoms with van der Waals surface area (Å²) in [5.74, 6) is -0.941. The first-order valence-corrected chi connectivity index (χ1v) is 16.5. The maximum Gasteiger partial charge on any atom is 0.471 e. The number of aromatic nitrogens is 2. The Labute approximate surface area is 302 Å². The van der Waals surface area contributed by atoms with Crippen LogP contribution in [0.2, 0.25) is 0 Å². The molecule has 1 aliphatic rings. The number of nitrogens with zero attached hydrogens (tertiary/aromatic N) is 1. The number of hydrogen-bond acceptors (Lipinski definition) is 10. The molecule has 0 spiro atoms. The molecule has 0 unspecified atom stereocenters. The van der Waals surface area contributed by atoms with E-state index in [2.05, 4.69) is 4.98 Å². The highest BCUT2D eigenvalue weighted by Crippen LogP contribution is 2.43. The summed E-state index contributed by atoms with van der Waals surface area (Å²) in [5, 5.41) is 13.4. The number of halogens is 3. The lowest BCUT2D eigenvalue weighted by Gasteiger charge is -2.37. The summed E-state index contributed by atoms with van der Waals surface area (Å²) >= 11 is 0. The number of rotatable bonds is 16. The molecule has 16 heteroatoms. The molecule has 13 nitrogen and oxygen atoms in total. The van der Waals surface area contributed by atoms with Crippen LogP contribution in [-0.4, -0.2) is 92.7 Å². The average Bonchev–Trinajstić information content (AvgIpc) is 3.47. The van der Waals surface area contributed by atoms with Crippen molar-refractivity contribution in [2.45, 2.75) is 42.7 Å². The van der Waals surface area contributed by atoms with Gasteiger partial charge in [0, 0.05) is 26.4 Å². The maximum atomic E-state index is 13.2. The molecule has 0 saturated carbocycles. The Morgan fingerprint density at radius 3 is 2.02 bits per heavy atom. The monoisotopic (exact) mass is 743 g/mol. The molecule has 5 rings (SSSR count). The molecule has 53 heavy (non-hydrogen) atoms. The predicted octanol–water partition coefficient (Wildman–Crippen LogP) is 3.07. The van der Waals surface area contributed by atoms with E-state index in [0.717, 1.165) is 16.3 Å². The fourth-order valence-electron chi connectivity index (χ4n) is 6.15. The van der Waals surface area contributed by atoms with Crippen molar-refractivity contribution in [3.05, 3.63) is 128 Å². The molecule has 4 aromatic rings.